The van der Waals surface area contributed by atoms with Gasteiger partial charge in [-0.2, -0.15) is 5.10 Å². The summed E-state index contributed by atoms with van der Waals surface area (Å²) < 4.78 is 27.5. The summed E-state index contributed by atoms with van der Waals surface area (Å²) in [4.78, 5) is 3.70. The zero-order chi connectivity index (χ0) is 12.3. The number of hydrogen-bond donors (Lipinski definition) is 1. The fourth-order valence-corrected chi connectivity index (χ4v) is 1.36. The molecule has 0 unspecified atom stereocenters. The number of halogens is 2. The molecule has 88 valence electrons. The van der Waals surface area contributed by atoms with Crippen molar-refractivity contribution >= 4 is 5.71 Å². The molecular weight excluding hydrogens is 230 g/mol. The normalized spacial score (nSPS) is 11.8. The molecule has 0 aliphatic carbocycles. The van der Waals surface area contributed by atoms with Crippen molar-refractivity contribution in [1.82, 2.24) is 14.8 Å². The molecule has 0 atom stereocenters. The van der Waals surface area contributed by atoms with Gasteiger partial charge in [0.05, 0.1) is 6.54 Å². The van der Waals surface area contributed by atoms with Crippen LogP contribution in [0.2, 0.25) is 0 Å². The van der Waals surface area contributed by atoms with Crippen molar-refractivity contribution in [3.8, 4) is 0 Å². The molecule has 1 aromatic carbocycles. The fraction of sp³-hybridized carbons (Fsp3) is 0.100. The van der Waals surface area contributed by atoms with Gasteiger partial charge in [0.1, 0.15) is 30.0 Å². The molecule has 0 radical (unpaired) electrons. The Kier molecular flexibility index (Phi) is 3.08. The average molecular weight is 238 g/mol. The van der Waals surface area contributed by atoms with E-state index in [4.69, 9.17) is 5.21 Å². The number of hydrogen-bond acceptors (Lipinski definition) is 4. The maximum Gasteiger partial charge on any atom is 0.137 e. The predicted molar refractivity (Wildman–Crippen MR) is 54.7 cm³/mol. The fourth-order valence-electron chi connectivity index (χ4n) is 1.36. The van der Waals surface area contributed by atoms with E-state index in [1.807, 2.05) is 0 Å². The smallest absolute Gasteiger partial charge is 0.137 e. The molecule has 2 rings (SSSR count). The van der Waals surface area contributed by atoms with Gasteiger partial charge in [0.15, 0.2) is 0 Å². The number of oxime groups is 1. The van der Waals surface area contributed by atoms with E-state index in [1.165, 1.54) is 23.4 Å². The summed E-state index contributed by atoms with van der Waals surface area (Å²) >= 11 is 0. The summed E-state index contributed by atoms with van der Waals surface area (Å²) in [5.41, 5.74) is 0.0531. The lowest BCUT2D eigenvalue weighted by atomic mass is 10.1. The van der Waals surface area contributed by atoms with Gasteiger partial charge in [-0.1, -0.05) is 5.16 Å². The summed E-state index contributed by atoms with van der Waals surface area (Å²) in [6.45, 7) is 0.0407. The van der Waals surface area contributed by atoms with E-state index >= 15 is 0 Å². The van der Waals surface area contributed by atoms with Crippen LogP contribution in [0, 0.1) is 11.6 Å². The van der Waals surface area contributed by atoms with Crippen LogP contribution in [0.5, 0.6) is 0 Å². The van der Waals surface area contributed by atoms with E-state index in [0.29, 0.717) is 0 Å². The van der Waals surface area contributed by atoms with Gasteiger partial charge < -0.3 is 5.21 Å². The molecule has 0 spiro atoms. The molecule has 0 bridgehead atoms. The lowest BCUT2D eigenvalue weighted by Gasteiger charge is -2.05. The number of nitrogens with zero attached hydrogens (tertiary/aromatic N) is 4. The second-order valence-corrected chi connectivity index (χ2v) is 3.26. The molecule has 5 nitrogen and oxygen atoms in total. The lowest BCUT2D eigenvalue weighted by Crippen LogP contribution is -2.14. The molecule has 17 heavy (non-hydrogen) atoms. The molecule has 0 saturated carbocycles. The molecule has 1 heterocycles. The third-order valence-corrected chi connectivity index (χ3v) is 2.14. The molecule has 0 fully saturated rings. The lowest BCUT2D eigenvalue weighted by molar-refractivity contribution is 0.317. The van der Waals surface area contributed by atoms with Crippen molar-refractivity contribution in [2.45, 2.75) is 6.54 Å². The highest BCUT2D eigenvalue weighted by atomic mass is 19.1. The molecule has 1 aromatic heterocycles. The van der Waals surface area contributed by atoms with Crippen LogP contribution in [0.25, 0.3) is 0 Å². The van der Waals surface area contributed by atoms with E-state index in [0.717, 1.165) is 12.1 Å². The van der Waals surface area contributed by atoms with E-state index in [9.17, 15) is 8.78 Å². The van der Waals surface area contributed by atoms with Gasteiger partial charge in [-0.15, -0.1) is 0 Å². The largest absolute Gasteiger partial charge is 0.411 e. The van der Waals surface area contributed by atoms with Crippen LogP contribution in [0.1, 0.15) is 5.56 Å². The van der Waals surface area contributed by atoms with Crippen LogP contribution in [0.3, 0.4) is 0 Å². The van der Waals surface area contributed by atoms with Crippen molar-refractivity contribution in [2.75, 3.05) is 0 Å². The predicted octanol–water partition coefficient (Wildman–Crippen LogP) is 1.43. The number of rotatable bonds is 3. The zero-order valence-electron chi connectivity index (χ0n) is 8.59. The molecule has 2 aromatic rings. The minimum Gasteiger partial charge on any atom is -0.411 e. The van der Waals surface area contributed by atoms with E-state index in [2.05, 4.69) is 15.2 Å². The summed E-state index contributed by atoms with van der Waals surface area (Å²) in [5, 5.41) is 15.6. The Balaban J connectivity index is 2.30. The third kappa shape index (κ3) is 2.44. The van der Waals surface area contributed by atoms with Gasteiger partial charge in [-0.05, 0) is 12.1 Å². The number of benzene rings is 1. The van der Waals surface area contributed by atoms with Gasteiger partial charge in [-0.25, -0.2) is 18.4 Å². The topological polar surface area (TPSA) is 63.3 Å². The maximum absolute atomic E-state index is 13.4. The monoisotopic (exact) mass is 238 g/mol. The Morgan fingerprint density at radius 2 is 2.24 bits per heavy atom. The van der Waals surface area contributed by atoms with Gasteiger partial charge in [0.2, 0.25) is 0 Å². The zero-order valence-corrected chi connectivity index (χ0v) is 8.59. The van der Waals surface area contributed by atoms with Gasteiger partial charge in [0, 0.05) is 11.6 Å². The van der Waals surface area contributed by atoms with Crippen molar-refractivity contribution in [3.05, 3.63) is 48.1 Å². The van der Waals surface area contributed by atoms with Gasteiger partial charge >= 0.3 is 0 Å². The van der Waals surface area contributed by atoms with Crippen LogP contribution in [0.15, 0.2) is 36.0 Å². The summed E-state index contributed by atoms with van der Waals surface area (Å²) in [7, 11) is 0. The van der Waals surface area contributed by atoms with E-state index in [-0.39, 0.29) is 17.8 Å². The quantitative estimate of drug-likeness (QED) is 0.500. The second-order valence-electron chi connectivity index (χ2n) is 3.26. The summed E-state index contributed by atoms with van der Waals surface area (Å²) in [6.07, 6.45) is 2.70. The SMILES string of the molecule is O/N=C(\Cn1cncn1)c1ccc(F)cc1F. The van der Waals surface area contributed by atoms with Crippen LogP contribution >= 0.6 is 0 Å². The minimum atomic E-state index is -0.794. The van der Waals surface area contributed by atoms with Crippen LogP contribution < -0.4 is 0 Å². The summed E-state index contributed by atoms with van der Waals surface area (Å²) in [5.74, 6) is -1.48. The van der Waals surface area contributed by atoms with E-state index in [1.54, 1.807) is 0 Å². The summed E-state index contributed by atoms with van der Waals surface area (Å²) in [6, 6.07) is 3.02. The highest BCUT2D eigenvalue weighted by Gasteiger charge is 2.12. The van der Waals surface area contributed by atoms with Gasteiger partial charge in [0.25, 0.3) is 0 Å². The van der Waals surface area contributed by atoms with Crippen LogP contribution in [0.4, 0.5) is 8.78 Å². The Bertz CT molecular complexity index is 539. The molecule has 0 aliphatic heterocycles. The molecule has 7 heteroatoms. The van der Waals surface area contributed by atoms with Crippen molar-refractivity contribution < 1.29 is 14.0 Å². The standard InChI is InChI=1S/C10H8F2N4O/c11-7-1-2-8(9(12)3-7)10(15-17)4-16-6-13-5-14-16/h1-3,5-6,17H,4H2/b15-10+. The van der Waals surface area contributed by atoms with E-state index < -0.39 is 11.6 Å². The molecular formula is C10H8F2N4O. The maximum atomic E-state index is 13.4. The Morgan fingerprint density at radius 1 is 1.41 bits per heavy atom. The molecule has 0 amide bonds. The van der Waals surface area contributed by atoms with Crippen molar-refractivity contribution in [3.63, 3.8) is 0 Å². The first-order valence-electron chi connectivity index (χ1n) is 4.69. The third-order valence-electron chi connectivity index (χ3n) is 2.14. The molecule has 0 aliphatic rings. The average Bonchev–Trinajstić information content (AvgIpc) is 2.79. The first-order valence-corrected chi connectivity index (χ1v) is 4.69. The second kappa shape index (κ2) is 4.69. The number of aromatic nitrogens is 3. The van der Waals surface area contributed by atoms with Crippen LogP contribution in [-0.2, 0) is 6.54 Å². The Hall–Kier alpha value is -2.31. The van der Waals surface area contributed by atoms with Gasteiger partial charge in [-0.3, -0.25) is 0 Å². The minimum absolute atomic E-state index is 0.0180. The Morgan fingerprint density at radius 3 is 2.82 bits per heavy atom. The highest BCUT2D eigenvalue weighted by Crippen LogP contribution is 2.11. The van der Waals surface area contributed by atoms with Crippen LogP contribution in [-0.4, -0.2) is 25.7 Å². The molecule has 1 N–H and O–H groups in total. The molecule has 0 saturated heterocycles. The van der Waals surface area contributed by atoms with Crippen molar-refractivity contribution in [1.29, 1.82) is 0 Å². The highest BCUT2D eigenvalue weighted by molar-refractivity contribution is 6.00. The first kappa shape index (κ1) is 11.2. The first-order chi connectivity index (χ1) is 8.20. The van der Waals surface area contributed by atoms with Crippen molar-refractivity contribution in [2.24, 2.45) is 5.16 Å². The Labute approximate surface area is 95.0 Å².